The van der Waals surface area contributed by atoms with Crippen LogP contribution in [0, 0.1) is 11.8 Å². The van der Waals surface area contributed by atoms with Crippen LogP contribution in [0.4, 0.5) is 5.69 Å². The van der Waals surface area contributed by atoms with Crippen LogP contribution in [0.5, 0.6) is 17.2 Å². The standard InChI is InChI=1S/C41H38BrNO9/c1-4-43(38(45)27-5-7-28(8-6-27)39(46)50-3)33-18-20-34(21-19-33)51-40(47)29-9-11-30(12-10-29)41(48)52-37-24-22-35(49-2)25-31(37)15-23-36(44)26-13-16-32(42)17-14-26/h5-8,13-25,29-30H,4,9-12H2,1-3H3/b23-15+. The summed E-state index contributed by atoms with van der Waals surface area (Å²) in [6, 6.07) is 24.9. The molecule has 0 spiro atoms. The average Bonchev–Trinajstić information content (AvgIpc) is 3.18. The summed E-state index contributed by atoms with van der Waals surface area (Å²) in [6.45, 7) is 2.24. The second-order valence-corrected chi connectivity index (χ2v) is 13.0. The Balaban J connectivity index is 1.14. The minimum absolute atomic E-state index is 0.201. The number of allylic oxidation sites excluding steroid dienone is 1. The highest BCUT2D eigenvalue weighted by atomic mass is 79.9. The van der Waals surface area contributed by atoms with Gasteiger partial charge in [-0.15, -0.1) is 0 Å². The van der Waals surface area contributed by atoms with Crippen LogP contribution in [-0.4, -0.2) is 50.4 Å². The molecule has 268 valence electrons. The summed E-state index contributed by atoms with van der Waals surface area (Å²) >= 11 is 3.36. The van der Waals surface area contributed by atoms with Gasteiger partial charge in [-0.25, -0.2) is 4.79 Å². The van der Waals surface area contributed by atoms with E-state index >= 15 is 0 Å². The van der Waals surface area contributed by atoms with Crippen LogP contribution < -0.4 is 19.1 Å². The van der Waals surface area contributed by atoms with Crippen molar-refractivity contribution in [2.45, 2.75) is 32.6 Å². The van der Waals surface area contributed by atoms with Crippen LogP contribution in [0.25, 0.3) is 6.08 Å². The first-order valence-corrected chi connectivity index (χ1v) is 17.6. The number of rotatable bonds is 12. The molecular formula is C41H38BrNO9. The van der Waals surface area contributed by atoms with E-state index in [0.717, 1.165) is 4.47 Å². The molecule has 1 amide bonds. The summed E-state index contributed by atoms with van der Waals surface area (Å²) in [7, 11) is 2.82. The summed E-state index contributed by atoms with van der Waals surface area (Å²) in [4.78, 5) is 65.5. The first-order chi connectivity index (χ1) is 25.1. The Morgan fingerprint density at radius 3 is 1.85 bits per heavy atom. The zero-order valence-corrected chi connectivity index (χ0v) is 30.6. The van der Waals surface area contributed by atoms with Crippen molar-refractivity contribution >= 4 is 57.3 Å². The van der Waals surface area contributed by atoms with Crippen LogP contribution in [0.1, 0.15) is 69.2 Å². The number of hydrogen-bond donors (Lipinski definition) is 0. The quantitative estimate of drug-likeness (QED) is 0.0608. The van der Waals surface area contributed by atoms with E-state index in [2.05, 4.69) is 15.9 Å². The molecule has 0 bridgehead atoms. The highest BCUT2D eigenvalue weighted by Gasteiger charge is 2.32. The van der Waals surface area contributed by atoms with Crippen LogP contribution >= 0.6 is 15.9 Å². The van der Waals surface area contributed by atoms with Crippen molar-refractivity contribution in [2.75, 3.05) is 25.7 Å². The summed E-state index contributed by atoms with van der Waals surface area (Å²) in [5.41, 5.74) is 2.42. The monoisotopic (exact) mass is 767 g/mol. The predicted octanol–water partition coefficient (Wildman–Crippen LogP) is 8.12. The molecule has 0 N–H and O–H groups in total. The Morgan fingerprint density at radius 1 is 0.712 bits per heavy atom. The van der Waals surface area contributed by atoms with Gasteiger partial charge in [0.05, 0.1) is 31.6 Å². The zero-order valence-electron chi connectivity index (χ0n) is 29.0. The van der Waals surface area contributed by atoms with E-state index in [0.29, 0.717) is 77.4 Å². The fourth-order valence-corrected chi connectivity index (χ4v) is 6.13. The number of hydrogen-bond acceptors (Lipinski definition) is 9. The maximum Gasteiger partial charge on any atom is 0.337 e. The van der Waals surface area contributed by atoms with E-state index in [1.54, 1.807) is 102 Å². The van der Waals surface area contributed by atoms with Crippen LogP contribution in [-0.2, 0) is 14.3 Å². The molecule has 4 aromatic carbocycles. The number of benzene rings is 4. The van der Waals surface area contributed by atoms with E-state index in [1.165, 1.54) is 20.3 Å². The first kappa shape index (κ1) is 37.7. The molecule has 1 fully saturated rings. The van der Waals surface area contributed by atoms with Crippen molar-refractivity contribution in [2.24, 2.45) is 11.8 Å². The van der Waals surface area contributed by atoms with Crippen molar-refractivity contribution in [1.82, 2.24) is 0 Å². The molecule has 0 heterocycles. The molecule has 0 aliphatic heterocycles. The summed E-state index contributed by atoms with van der Waals surface area (Å²) in [5, 5.41) is 0. The normalized spacial score (nSPS) is 15.4. The van der Waals surface area contributed by atoms with Crippen LogP contribution in [0.15, 0.2) is 102 Å². The van der Waals surface area contributed by atoms with E-state index in [4.69, 9.17) is 18.9 Å². The molecule has 11 heteroatoms. The number of anilines is 1. The highest BCUT2D eigenvalue weighted by molar-refractivity contribution is 9.10. The van der Waals surface area contributed by atoms with Crippen molar-refractivity contribution < 1.29 is 42.9 Å². The van der Waals surface area contributed by atoms with E-state index in [9.17, 15) is 24.0 Å². The third kappa shape index (κ3) is 9.41. The predicted molar refractivity (Wildman–Crippen MR) is 199 cm³/mol. The lowest BCUT2D eigenvalue weighted by Crippen LogP contribution is -2.31. The number of esters is 3. The topological polar surface area (TPSA) is 126 Å². The van der Waals surface area contributed by atoms with Crippen molar-refractivity contribution in [3.8, 4) is 17.2 Å². The van der Waals surface area contributed by atoms with Gasteiger partial charge in [0.25, 0.3) is 5.91 Å². The second-order valence-electron chi connectivity index (χ2n) is 12.1. The Morgan fingerprint density at radius 2 is 1.27 bits per heavy atom. The number of amides is 1. The van der Waals surface area contributed by atoms with Crippen LogP contribution in [0.2, 0.25) is 0 Å². The van der Waals surface area contributed by atoms with Gasteiger partial charge in [-0.1, -0.05) is 15.9 Å². The van der Waals surface area contributed by atoms with Crippen molar-refractivity contribution in [3.63, 3.8) is 0 Å². The number of carbonyl (C=O) groups excluding carboxylic acids is 5. The Kier molecular flexibility index (Phi) is 12.8. The summed E-state index contributed by atoms with van der Waals surface area (Å²) < 4.78 is 22.4. The number of ether oxygens (including phenoxy) is 4. The molecule has 0 radical (unpaired) electrons. The maximum atomic E-state index is 13.2. The maximum absolute atomic E-state index is 13.2. The third-order valence-corrected chi connectivity index (χ3v) is 9.37. The number of carbonyl (C=O) groups is 5. The van der Waals surface area contributed by atoms with Gasteiger partial charge in [0, 0.05) is 33.4 Å². The minimum atomic E-state index is -0.483. The zero-order chi connectivity index (χ0) is 37.2. The first-order valence-electron chi connectivity index (χ1n) is 16.8. The smallest absolute Gasteiger partial charge is 0.337 e. The van der Waals surface area contributed by atoms with Gasteiger partial charge in [0.1, 0.15) is 17.2 Å². The van der Waals surface area contributed by atoms with Gasteiger partial charge in [-0.2, -0.15) is 0 Å². The van der Waals surface area contributed by atoms with Gasteiger partial charge in [-0.05, 0) is 136 Å². The molecule has 10 nitrogen and oxygen atoms in total. The Bertz CT molecular complexity index is 1950. The highest BCUT2D eigenvalue weighted by Crippen LogP contribution is 2.33. The minimum Gasteiger partial charge on any atom is -0.497 e. The lowest BCUT2D eigenvalue weighted by molar-refractivity contribution is -0.145. The largest absolute Gasteiger partial charge is 0.497 e. The Labute approximate surface area is 310 Å². The SMILES string of the molecule is CCN(C(=O)c1ccc(C(=O)OC)cc1)c1ccc(OC(=O)C2CCC(C(=O)Oc3ccc(OC)cc3/C=C/C(=O)c3ccc(Br)cc3)CC2)cc1. The van der Waals surface area contributed by atoms with E-state index in [-0.39, 0.29) is 23.6 Å². The molecule has 1 saturated carbocycles. The number of nitrogens with zero attached hydrogens (tertiary/aromatic N) is 1. The van der Waals surface area contributed by atoms with Gasteiger partial charge in [0.15, 0.2) is 5.78 Å². The molecule has 52 heavy (non-hydrogen) atoms. The van der Waals surface area contributed by atoms with Gasteiger partial charge >= 0.3 is 17.9 Å². The lowest BCUT2D eigenvalue weighted by atomic mass is 9.82. The number of halogens is 1. The Hall–Kier alpha value is -5.55. The van der Waals surface area contributed by atoms with Gasteiger partial charge < -0.3 is 23.8 Å². The summed E-state index contributed by atoms with van der Waals surface area (Å²) in [5.74, 6) is -1.31. The molecule has 0 saturated heterocycles. The van der Waals surface area contributed by atoms with E-state index in [1.807, 2.05) is 6.92 Å². The molecule has 1 aliphatic carbocycles. The van der Waals surface area contributed by atoms with Crippen molar-refractivity contribution in [1.29, 1.82) is 0 Å². The summed E-state index contributed by atoms with van der Waals surface area (Å²) in [6.07, 6.45) is 4.85. The second kappa shape index (κ2) is 17.6. The molecular weight excluding hydrogens is 730 g/mol. The van der Waals surface area contributed by atoms with Crippen molar-refractivity contribution in [3.05, 3.63) is 124 Å². The fourth-order valence-electron chi connectivity index (χ4n) is 5.87. The average molecular weight is 769 g/mol. The lowest BCUT2D eigenvalue weighted by Gasteiger charge is -2.26. The number of methoxy groups -OCH3 is 2. The number of ketones is 1. The van der Waals surface area contributed by atoms with Gasteiger partial charge in [0.2, 0.25) is 0 Å². The fraction of sp³-hybridized carbons (Fsp3) is 0.244. The third-order valence-electron chi connectivity index (χ3n) is 8.85. The molecule has 0 aromatic heterocycles. The van der Waals surface area contributed by atoms with Gasteiger partial charge in [-0.3, -0.25) is 19.2 Å². The van der Waals surface area contributed by atoms with E-state index < -0.39 is 17.9 Å². The molecule has 5 rings (SSSR count). The molecule has 4 aromatic rings. The van der Waals surface area contributed by atoms with Crippen LogP contribution in [0.3, 0.4) is 0 Å². The molecule has 0 atom stereocenters. The molecule has 0 unspecified atom stereocenters. The molecule has 1 aliphatic rings.